The Balaban J connectivity index is 1.84. The topological polar surface area (TPSA) is 56.1 Å². The van der Waals surface area contributed by atoms with Crippen LogP contribution in [-0.4, -0.2) is 22.6 Å². The number of carbonyl (C=O) groups is 1. The van der Waals surface area contributed by atoms with Gasteiger partial charge in [-0.05, 0) is 61.6 Å². The van der Waals surface area contributed by atoms with Crippen LogP contribution in [-0.2, 0) is 6.18 Å². The van der Waals surface area contributed by atoms with E-state index in [1.807, 2.05) is 17.7 Å². The number of nitrogens with zero attached hydrogens (tertiary/aromatic N) is 2. The Kier molecular flexibility index (Phi) is 7.46. The van der Waals surface area contributed by atoms with Crippen LogP contribution < -0.4 is 10.1 Å². The van der Waals surface area contributed by atoms with Crippen molar-refractivity contribution in [3.05, 3.63) is 77.4 Å². The number of carbonyl (C=O) groups excluding carboxylic acids is 1. The molecule has 0 aliphatic heterocycles. The monoisotopic (exact) mass is 459 g/mol. The third-order valence-corrected chi connectivity index (χ3v) is 5.41. The molecule has 1 N–H and O–H groups in total. The van der Waals surface area contributed by atoms with Gasteiger partial charge in [0.15, 0.2) is 0 Å². The highest BCUT2D eigenvalue weighted by Crippen LogP contribution is 2.31. The van der Waals surface area contributed by atoms with Crippen molar-refractivity contribution in [3.63, 3.8) is 0 Å². The second kappa shape index (κ2) is 10.1. The fraction of sp³-hybridized carbons (Fsp3) is 0.360. The van der Waals surface area contributed by atoms with Crippen molar-refractivity contribution in [2.24, 2.45) is 5.92 Å². The normalized spacial score (nSPS) is 12.6. The Morgan fingerprint density at radius 1 is 1.12 bits per heavy atom. The lowest BCUT2D eigenvalue weighted by Gasteiger charge is -2.21. The minimum absolute atomic E-state index is 0.324. The first-order valence-electron chi connectivity index (χ1n) is 10.8. The van der Waals surface area contributed by atoms with Crippen molar-refractivity contribution in [2.75, 3.05) is 7.11 Å². The summed E-state index contributed by atoms with van der Waals surface area (Å²) in [5.41, 5.74) is 1.91. The van der Waals surface area contributed by atoms with Gasteiger partial charge in [0.1, 0.15) is 5.75 Å². The predicted octanol–water partition coefficient (Wildman–Crippen LogP) is 6.12. The Morgan fingerprint density at radius 3 is 2.36 bits per heavy atom. The minimum Gasteiger partial charge on any atom is -0.495 e. The third kappa shape index (κ3) is 6.15. The molecule has 176 valence electrons. The Bertz CT molecular complexity index is 1090. The van der Waals surface area contributed by atoms with Crippen molar-refractivity contribution < 1.29 is 22.7 Å². The number of methoxy groups -OCH3 is 1. The van der Waals surface area contributed by atoms with Gasteiger partial charge in [0.05, 0.1) is 36.4 Å². The molecule has 3 aromatic rings. The summed E-state index contributed by atoms with van der Waals surface area (Å²) in [6, 6.07) is 9.66. The Hall–Kier alpha value is -3.29. The Morgan fingerprint density at radius 2 is 1.82 bits per heavy atom. The minimum atomic E-state index is -4.40. The standard InChI is InChI=1S/C25H28F3N3O2/c1-16(2)5-11-21(18-6-9-20(10-7-18)25(26,27)28)30-24(32)19-8-12-22(23(13-19)33-4)31-14-17(3)29-15-31/h6-10,12-16,21H,5,11H2,1-4H3,(H,30,32). The van der Waals surface area contributed by atoms with Gasteiger partial charge in [0.2, 0.25) is 0 Å². The quantitative estimate of drug-likeness (QED) is 0.442. The second-order valence-corrected chi connectivity index (χ2v) is 8.43. The van der Waals surface area contributed by atoms with E-state index in [9.17, 15) is 18.0 Å². The number of hydrogen-bond donors (Lipinski definition) is 1. The van der Waals surface area contributed by atoms with Gasteiger partial charge >= 0.3 is 6.18 Å². The van der Waals surface area contributed by atoms with Crippen LogP contribution in [0, 0.1) is 12.8 Å². The first kappa shape index (κ1) is 24.4. The first-order valence-corrected chi connectivity index (χ1v) is 10.8. The van der Waals surface area contributed by atoms with Gasteiger partial charge in [-0.3, -0.25) is 4.79 Å². The molecule has 33 heavy (non-hydrogen) atoms. The number of benzene rings is 2. The van der Waals surface area contributed by atoms with Crippen LogP contribution in [0.25, 0.3) is 5.69 Å². The van der Waals surface area contributed by atoms with E-state index in [2.05, 4.69) is 24.1 Å². The molecule has 0 saturated carbocycles. The molecule has 0 aliphatic rings. The number of nitrogens with one attached hydrogen (secondary N) is 1. The van der Waals surface area contributed by atoms with Crippen molar-refractivity contribution in [2.45, 2.75) is 45.8 Å². The van der Waals surface area contributed by atoms with Gasteiger partial charge in [-0.2, -0.15) is 13.2 Å². The van der Waals surface area contributed by atoms with Gasteiger partial charge < -0.3 is 14.6 Å². The highest BCUT2D eigenvalue weighted by Gasteiger charge is 2.30. The van der Waals surface area contributed by atoms with Gasteiger partial charge in [-0.1, -0.05) is 26.0 Å². The number of hydrogen-bond acceptors (Lipinski definition) is 3. The van der Waals surface area contributed by atoms with E-state index in [4.69, 9.17) is 4.74 Å². The van der Waals surface area contributed by atoms with Crippen LogP contribution in [0.5, 0.6) is 5.75 Å². The molecule has 1 heterocycles. The lowest BCUT2D eigenvalue weighted by molar-refractivity contribution is -0.137. The molecule has 0 aliphatic carbocycles. The molecule has 0 bridgehead atoms. The zero-order valence-corrected chi connectivity index (χ0v) is 19.1. The number of imidazole rings is 1. The van der Waals surface area contributed by atoms with Gasteiger partial charge in [0.25, 0.3) is 5.91 Å². The summed E-state index contributed by atoms with van der Waals surface area (Å²) in [5, 5.41) is 2.98. The molecule has 1 aromatic heterocycles. The maximum absolute atomic E-state index is 13.1. The lowest BCUT2D eigenvalue weighted by atomic mass is 9.96. The van der Waals surface area contributed by atoms with Crippen molar-refractivity contribution in [3.8, 4) is 11.4 Å². The molecule has 1 atom stereocenters. The van der Waals surface area contributed by atoms with Crippen LogP contribution in [0.15, 0.2) is 55.0 Å². The van der Waals surface area contributed by atoms with Crippen LogP contribution in [0.4, 0.5) is 13.2 Å². The smallest absolute Gasteiger partial charge is 0.416 e. The zero-order chi connectivity index (χ0) is 24.2. The molecule has 2 aromatic carbocycles. The molecule has 0 spiro atoms. The molecular formula is C25H28F3N3O2. The van der Waals surface area contributed by atoms with Crippen molar-refractivity contribution >= 4 is 5.91 Å². The average Bonchev–Trinajstić information content (AvgIpc) is 3.21. The predicted molar refractivity (Wildman–Crippen MR) is 121 cm³/mol. The van der Waals surface area contributed by atoms with Gasteiger partial charge in [-0.25, -0.2) is 4.98 Å². The van der Waals surface area contributed by atoms with E-state index in [1.54, 1.807) is 24.5 Å². The van der Waals surface area contributed by atoms with E-state index in [1.165, 1.54) is 19.2 Å². The van der Waals surface area contributed by atoms with E-state index >= 15 is 0 Å². The summed E-state index contributed by atoms with van der Waals surface area (Å²) in [4.78, 5) is 17.3. The number of ether oxygens (including phenoxy) is 1. The molecule has 8 heteroatoms. The summed E-state index contributed by atoms with van der Waals surface area (Å²) in [5.74, 6) is 0.570. The summed E-state index contributed by atoms with van der Waals surface area (Å²) >= 11 is 0. The molecule has 0 radical (unpaired) electrons. The maximum atomic E-state index is 13.1. The molecular weight excluding hydrogens is 431 g/mol. The van der Waals surface area contributed by atoms with Crippen LogP contribution in [0.2, 0.25) is 0 Å². The number of amides is 1. The largest absolute Gasteiger partial charge is 0.495 e. The van der Waals surface area contributed by atoms with E-state index in [-0.39, 0.29) is 5.91 Å². The maximum Gasteiger partial charge on any atom is 0.416 e. The van der Waals surface area contributed by atoms with E-state index < -0.39 is 17.8 Å². The fourth-order valence-electron chi connectivity index (χ4n) is 3.55. The van der Waals surface area contributed by atoms with E-state index in [0.29, 0.717) is 29.2 Å². The molecule has 1 unspecified atom stereocenters. The SMILES string of the molecule is COc1cc(C(=O)NC(CCC(C)C)c2ccc(C(F)(F)F)cc2)ccc1-n1cnc(C)c1. The third-order valence-electron chi connectivity index (χ3n) is 5.41. The number of rotatable bonds is 8. The van der Waals surface area contributed by atoms with Crippen LogP contribution in [0.1, 0.15) is 59.9 Å². The van der Waals surface area contributed by atoms with Crippen LogP contribution >= 0.6 is 0 Å². The van der Waals surface area contributed by atoms with Gasteiger partial charge in [0, 0.05) is 11.8 Å². The van der Waals surface area contributed by atoms with Crippen LogP contribution in [0.3, 0.4) is 0 Å². The number of aryl methyl sites for hydroxylation is 1. The summed E-state index contributed by atoms with van der Waals surface area (Å²) < 4.78 is 46.1. The average molecular weight is 460 g/mol. The highest BCUT2D eigenvalue weighted by molar-refractivity contribution is 5.95. The summed E-state index contributed by atoms with van der Waals surface area (Å²) in [6.07, 6.45) is 0.539. The lowest BCUT2D eigenvalue weighted by Crippen LogP contribution is -2.29. The van der Waals surface area contributed by atoms with Crippen molar-refractivity contribution in [1.29, 1.82) is 0 Å². The van der Waals surface area contributed by atoms with E-state index in [0.717, 1.165) is 29.9 Å². The molecule has 3 rings (SSSR count). The number of aromatic nitrogens is 2. The molecule has 0 fully saturated rings. The molecule has 5 nitrogen and oxygen atoms in total. The zero-order valence-electron chi connectivity index (χ0n) is 19.1. The second-order valence-electron chi connectivity index (χ2n) is 8.43. The molecule has 1 amide bonds. The number of halogens is 3. The molecule has 0 saturated heterocycles. The fourth-order valence-corrected chi connectivity index (χ4v) is 3.55. The first-order chi connectivity index (χ1) is 15.6. The van der Waals surface area contributed by atoms with Gasteiger partial charge in [-0.15, -0.1) is 0 Å². The summed E-state index contributed by atoms with van der Waals surface area (Å²) in [6.45, 7) is 6.00. The van der Waals surface area contributed by atoms with Crippen molar-refractivity contribution in [1.82, 2.24) is 14.9 Å². The number of alkyl halides is 3. The highest BCUT2D eigenvalue weighted by atomic mass is 19.4. The Labute approximate surface area is 191 Å². The summed E-state index contributed by atoms with van der Waals surface area (Å²) in [7, 11) is 1.53.